The Balaban J connectivity index is 2.10. The Kier molecular flexibility index (Phi) is 6.20. The number of halogens is 1. The van der Waals surface area contributed by atoms with E-state index in [1.807, 2.05) is 0 Å². The third kappa shape index (κ3) is 4.73. The minimum absolute atomic E-state index is 0.0880. The summed E-state index contributed by atoms with van der Waals surface area (Å²) in [5, 5.41) is 5.26. The van der Waals surface area contributed by atoms with Gasteiger partial charge in [-0.1, -0.05) is 6.07 Å². The first-order chi connectivity index (χ1) is 11.5. The van der Waals surface area contributed by atoms with E-state index in [2.05, 4.69) is 26.6 Å². The molecule has 2 amide bonds. The van der Waals surface area contributed by atoms with Gasteiger partial charge in [0.25, 0.3) is 11.8 Å². The lowest BCUT2D eigenvalue weighted by Gasteiger charge is -2.10. The zero-order valence-electron chi connectivity index (χ0n) is 13.3. The van der Waals surface area contributed by atoms with Crippen molar-refractivity contribution in [1.82, 2.24) is 5.32 Å². The number of rotatable bonds is 6. The molecule has 0 bridgehead atoms. The molecule has 0 unspecified atom stereocenters. The van der Waals surface area contributed by atoms with Crippen LogP contribution in [-0.4, -0.2) is 32.6 Å². The quantitative estimate of drug-likeness (QED) is 0.792. The van der Waals surface area contributed by atoms with Gasteiger partial charge in [-0.15, -0.1) is 0 Å². The Hall–Kier alpha value is -2.54. The molecular weight excluding hydrogens is 376 g/mol. The minimum atomic E-state index is -0.288. The number of carbonyl (C=O) groups excluding carboxylic acids is 2. The summed E-state index contributed by atoms with van der Waals surface area (Å²) < 4.78 is 11.1. The van der Waals surface area contributed by atoms with Crippen molar-refractivity contribution in [1.29, 1.82) is 0 Å². The summed E-state index contributed by atoms with van der Waals surface area (Å²) in [5.41, 5.74) is 1.01. The van der Waals surface area contributed by atoms with Gasteiger partial charge in [-0.05, 0) is 46.3 Å². The largest absolute Gasteiger partial charge is 0.497 e. The molecule has 2 N–H and O–H groups in total. The highest BCUT2D eigenvalue weighted by atomic mass is 79.9. The molecule has 2 aromatic rings. The zero-order chi connectivity index (χ0) is 17.5. The molecule has 0 saturated heterocycles. The average molecular weight is 393 g/mol. The molecule has 0 atom stereocenters. The normalized spacial score (nSPS) is 9.96. The molecule has 0 saturated carbocycles. The first-order valence-corrected chi connectivity index (χ1v) is 7.91. The molecule has 0 aliphatic carbocycles. The number of methoxy groups -OCH3 is 1. The number of carbonyl (C=O) groups is 2. The fourth-order valence-electron chi connectivity index (χ4n) is 1.89. The van der Waals surface area contributed by atoms with E-state index in [4.69, 9.17) is 9.47 Å². The maximum absolute atomic E-state index is 12.4. The van der Waals surface area contributed by atoms with Crippen LogP contribution in [0.4, 0.5) is 5.69 Å². The van der Waals surface area contributed by atoms with Crippen molar-refractivity contribution in [2.45, 2.75) is 0 Å². The monoisotopic (exact) mass is 392 g/mol. The van der Waals surface area contributed by atoms with Gasteiger partial charge >= 0.3 is 0 Å². The van der Waals surface area contributed by atoms with Crippen molar-refractivity contribution in [3.8, 4) is 11.5 Å². The fraction of sp³-hybridized carbons (Fsp3) is 0.176. The number of anilines is 1. The van der Waals surface area contributed by atoms with E-state index >= 15 is 0 Å². The summed E-state index contributed by atoms with van der Waals surface area (Å²) in [6.07, 6.45) is 0. The van der Waals surface area contributed by atoms with Gasteiger partial charge in [0.2, 0.25) is 0 Å². The van der Waals surface area contributed by atoms with Gasteiger partial charge in [-0.2, -0.15) is 0 Å². The van der Waals surface area contributed by atoms with Gasteiger partial charge in [0.15, 0.2) is 6.61 Å². The van der Waals surface area contributed by atoms with Crippen LogP contribution in [0.5, 0.6) is 11.5 Å². The molecule has 0 heterocycles. The summed E-state index contributed by atoms with van der Waals surface area (Å²) in [4.78, 5) is 23.6. The molecule has 24 heavy (non-hydrogen) atoms. The Morgan fingerprint density at radius 2 is 1.92 bits per heavy atom. The van der Waals surface area contributed by atoms with Crippen LogP contribution in [-0.2, 0) is 4.79 Å². The first kappa shape index (κ1) is 17.8. The zero-order valence-corrected chi connectivity index (χ0v) is 14.8. The molecule has 0 aliphatic rings. The third-order valence-electron chi connectivity index (χ3n) is 3.16. The molecule has 7 heteroatoms. The van der Waals surface area contributed by atoms with Gasteiger partial charge < -0.3 is 20.1 Å². The second-order valence-corrected chi connectivity index (χ2v) is 5.64. The van der Waals surface area contributed by atoms with Gasteiger partial charge in [0.1, 0.15) is 11.5 Å². The van der Waals surface area contributed by atoms with E-state index in [1.54, 1.807) is 42.5 Å². The molecule has 2 aromatic carbocycles. The topological polar surface area (TPSA) is 76.7 Å². The molecule has 0 radical (unpaired) electrons. The van der Waals surface area contributed by atoms with E-state index in [1.165, 1.54) is 14.2 Å². The van der Waals surface area contributed by atoms with Crippen molar-refractivity contribution in [2.24, 2.45) is 0 Å². The van der Waals surface area contributed by atoms with Crippen LogP contribution in [0.3, 0.4) is 0 Å². The number of ether oxygens (including phenoxy) is 2. The molecule has 0 fully saturated rings. The molecule has 0 aliphatic heterocycles. The Morgan fingerprint density at radius 1 is 1.12 bits per heavy atom. The highest BCUT2D eigenvalue weighted by Crippen LogP contribution is 2.24. The molecule has 2 rings (SSSR count). The second-order valence-electron chi connectivity index (χ2n) is 4.79. The standard InChI is InChI=1S/C17H17BrN2O4/c1-19-16(21)10-24-13-5-3-4-11(8-13)20-17(22)14-9-12(23-2)6-7-15(14)18/h3-9H,10H2,1-2H3,(H,19,21)(H,20,22). The number of benzene rings is 2. The highest BCUT2D eigenvalue weighted by Gasteiger charge is 2.12. The lowest BCUT2D eigenvalue weighted by atomic mass is 10.2. The van der Waals surface area contributed by atoms with Crippen molar-refractivity contribution in [2.75, 3.05) is 26.1 Å². The maximum Gasteiger partial charge on any atom is 0.257 e. The summed E-state index contributed by atoms with van der Waals surface area (Å²) in [6.45, 7) is -0.0880. The van der Waals surface area contributed by atoms with Gasteiger partial charge in [0.05, 0.1) is 12.7 Å². The Morgan fingerprint density at radius 3 is 2.62 bits per heavy atom. The summed E-state index contributed by atoms with van der Waals surface area (Å²) >= 11 is 3.35. The summed E-state index contributed by atoms with van der Waals surface area (Å²) in [7, 11) is 3.08. The summed E-state index contributed by atoms with van der Waals surface area (Å²) in [5.74, 6) is 0.557. The van der Waals surface area contributed by atoms with E-state index in [0.717, 1.165) is 0 Å². The lowest BCUT2D eigenvalue weighted by molar-refractivity contribution is -0.122. The highest BCUT2D eigenvalue weighted by molar-refractivity contribution is 9.10. The van der Waals surface area contributed by atoms with Crippen molar-refractivity contribution in [3.63, 3.8) is 0 Å². The Labute approximate surface area is 148 Å². The van der Waals surface area contributed by atoms with Crippen LogP contribution in [0.2, 0.25) is 0 Å². The fourth-order valence-corrected chi connectivity index (χ4v) is 2.32. The van der Waals surface area contributed by atoms with Crippen molar-refractivity contribution >= 4 is 33.4 Å². The third-order valence-corrected chi connectivity index (χ3v) is 3.85. The van der Waals surface area contributed by atoms with Gasteiger partial charge in [-0.25, -0.2) is 0 Å². The number of nitrogens with one attached hydrogen (secondary N) is 2. The molecule has 0 aromatic heterocycles. The molecule has 6 nitrogen and oxygen atoms in total. The van der Waals surface area contributed by atoms with E-state index in [9.17, 15) is 9.59 Å². The van der Waals surface area contributed by atoms with Gasteiger partial charge in [0, 0.05) is 23.3 Å². The van der Waals surface area contributed by atoms with Crippen LogP contribution in [0.15, 0.2) is 46.9 Å². The molecule has 126 valence electrons. The van der Waals surface area contributed by atoms with Crippen LogP contribution in [0.1, 0.15) is 10.4 Å². The lowest BCUT2D eigenvalue weighted by Crippen LogP contribution is -2.24. The first-order valence-electron chi connectivity index (χ1n) is 7.12. The van der Waals surface area contributed by atoms with Crippen LogP contribution >= 0.6 is 15.9 Å². The van der Waals surface area contributed by atoms with Crippen LogP contribution < -0.4 is 20.1 Å². The smallest absolute Gasteiger partial charge is 0.257 e. The van der Waals surface area contributed by atoms with Crippen molar-refractivity contribution < 1.29 is 19.1 Å². The minimum Gasteiger partial charge on any atom is -0.497 e. The number of hydrogen-bond acceptors (Lipinski definition) is 4. The van der Waals surface area contributed by atoms with E-state index < -0.39 is 0 Å². The van der Waals surface area contributed by atoms with E-state index in [-0.39, 0.29) is 18.4 Å². The molecule has 0 spiro atoms. The predicted molar refractivity (Wildman–Crippen MR) is 94.7 cm³/mol. The number of amides is 2. The van der Waals surface area contributed by atoms with Crippen molar-refractivity contribution in [3.05, 3.63) is 52.5 Å². The Bertz CT molecular complexity index is 749. The summed E-state index contributed by atoms with van der Waals surface area (Å²) in [6, 6.07) is 12.0. The van der Waals surface area contributed by atoms with Crippen LogP contribution in [0.25, 0.3) is 0 Å². The SMILES string of the molecule is CNC(=O)COc1cccc(NC(=O)c2cc(OC)ccc2Br)c1. The maximum atomic E-state index is 12.4. The average Bonchev–Trinajstić information content (AvgIpc) is 2.60. The second kappa shape index (κ2) is 8.35. The van der Waals surface area contributed by atoms with E-state index in [0.29, 0.717) is 27.2 Å². The number of likely N-dealkylation sites (N-methyl/N-ethyl adjacent to an activating group) is 1. The predicted octanol–water partition coefficient (Wildman–Crippen LogP) is 2.83. The number of hydrogen-bond donors (Lipinski definition) is 2. The molecular formula is C17H17BrN2O4. The van der Waals surface area contributed by atoms with Crippen LogP contribution in [0, 0.1) is 0 Å². The van der Waals surface area contributed by atoms with Gasteiger partial charge in [-0.3, -0.25) is 9.59 Å².